The van der Waals surface area contributed by atoms with Crippen LogP contribution in [0.5, 0.6) is 0 Å². The number of hydrogen-bond acceptors (Lipinski definition) is 5. The minimum absolute atomic E-state index is 0.0438. The molecule has 9 heteroatoms. The molecule has 0 saturated carbocycles. The topological polar surface area (TPSA) is 77.5 Å². The number of nitrogens with zero attached hydrogens (tertiary/aromatic N) is 4. The van der Waals surface area contributed by atoms with Crippen molar-refractivity contribution in [2.45, 2.75) is 13.3 Å². The molecule has 1 N–H and O–H groups in total. The number of hydrogen-bond donors (Lipinski definition) is 1. The molecule has 0 bridgehead atoms. The molecule has 27 heavy (non-hydrogen) atoms. The number of carbonyl (C=O) groups excluding carboxylic acids is 2. The highest BCUT2D eigenvalue weighted by atomic mass is 32.1. The summed E-state index contributed by atoms with van der Waals surface area (Å²) >= 11 is 1.73. The van der Waals surface area contributed by atoms with Crippen molar-refractivity contribution in [2.24, 2.45) is 4.99 Å². The van der Waals surface area contributed by atoms with E-state index in [1.807, 2.05) is 6.07 Å². The molecule has 150 valence electrons. The van der Waals surface area contributed by atoms with Crippen molar-refractivity contribution in [3.05, 3.63) is 22.4 Å². The van der Waals surface area contributed by atoms with Gasteiger partial charge in [0.25, 0.3) is 0 Å². The van der Waals surface area contributed by atoms with Crippen LogP contribution in [0.25, 0.3) is 0 Å². The molecule has 0 aromatic carbocycles. The van der Waals surface area contributed by atoms with Crippen molar-refractivity contribution in [1.82, 2.24) is 20.0 Å². The van der Waals surface area contributed by atoms with Crippen molar-refractivity contribution in [3.63, 3.8) is 0 Å². The van der Waals surface area contributed by atoms with Crippen molar-refractivity contribution < 1.29 is 14.3 Å². The molecule has 1 fully saturated rings. The van der Waals surface area contributed by atoms with Crippen LogP contribution in [0.3, 0.4) is 0 Å². The largest absolute Gasteiger partial charge is 0.450 e. The van der Waals surface area contributed by atoms with Gasteiger partial charge >= 0.3 is 6.09 Å². The van der Waals surface area contributed by atoms with Crippen LogP contribution < -0.4 is 5.32 Å². The minimum Gasteiger partial charge on any atom is -0.450 e. The Labute approximate surface area is 164 Å². The Balaban J connectivity index is 1.93. The Hall–Kier alpha value is -2.29. The van der Waals surface area contributed by atoms with Crippen LogP contribution in [0.1, 0.15) is 11.8 Å². The summed E-state index contributed by atoms with van der Waals surface area (Å²) in [6.45, 7) is 5.48. The Morgan fingerprint density at radius 2 is 1.96 bits per heavy atom. The molecule has 1 aliphatic heterocycles. The van der Waals surface area contributed by atoms with Gasteiger partial charge in [-0.15, -0.1) is 11.3 Å². The second-order valence-corrected chi connectivity index (χ2v) is 7.39. The first-order valence-corrected chi connectivity index (χ1v) is 10.1. The van der Waals surface area contributed by atoms with E-state index in [2.05, 4.69) is 26.7 Å². The van der Waals surface area contributed by atoms with E-state index in [0.717, 1.165) is 13.0 Å². The number of ether oxygens (including phenoxy) is 1. The number of carbonyl (C=O) groups is 2. The van der Waals surface area contributed by atoms with Gasteiger partial charge in [0.1, 0.15) is 6.54 Å². The highest BCUT2D eigenvalue weighted by Crippen LogP contribution is 2.09. The van der Waals surface area contributed by atoms with Gasteiger partial charge in [0.2, 0.25) is 5.91 Å². The maximum absolute atomic E-state index is 11.9. The molecule has 2 rings (SSSR count). The lowest BCUT2D eigenvalue weighted by Crippen LogP contribution is -2.54. The van der Waals surface area contributed by atoms with E-state index >= 15 is 0 Å². The predicted molar refractivity (Wildman–Crippen MR) is 107 cm³/mol. The number of likely N-dealkylation sites (N-methyl/N-ethyl adjacent to an activating group) is 1. The molecular weight excluding hydrogens is 366 g/mol. The summed E-state index contributed by atoms with van der Waals surface area (Å²) in [6, 6.07) is 4.15. The highest BCUT2D eigenvalue weighted by Gasteiger charge is 2.24. The Morgan fingerprint density at radius 3 is 2.56 bits per heavy atom. The summed E-state index contributed by atoms with van der Waals surface area (Å²) in [5.41, 5.74) is 0. The first-order valence-electron chi connectivity index (χ1n) is 9.18. The molecule has 1 aromatic heterocycles. The van der Waals surface area contributed by atoms with E-state index < -0.39 is 0 Å². The fourth-order valence-corrected chi connectivity index (χ4v) is 3.33. The normalized spacial score (nSPS) is 14.9. The quantitative estimate of drug-likeness (QED) is 0.577. The van der Waals surface area contributed by atoms with Gasteiger partial charge in [-0.05, 0) is 24.8 Å². The zero-order valence-electron chi connectivity index (χ0n) is 16.3. The first kappa shape index (κ1) is 21.0. The van der Waals surface area contributed by atoms with Crippen molar-refractivity contribution >= 4 is 29.3 Å². The molecule has 0 aliphatic carbocycles. The SMILES string of the molecule is CCOC(=O)N1CCN(C(=NCC(=O)N(C)C)NCCc2cccs2)CC1. The number of piperazine rings is 1. The summed E-state index contributed by atoms with van der Waals surface area (Å²) in [4.78, 5) is 34.9. The lowest BCUT2D eigenvalue weighted by Gasteiger charge is -2.36. The zero-order valence-corrected chi connectivity index (χ0v) is 17.1. The van der Waals surface area contributed by atoms with Gasteiger partial charge < -0.3 is 24.8 Å². The molecule has 2 amide bonds. The summed E-state index contributed by atoms with van der Waals surface area (Å²) in [5, 5.41) is 5.43. The van der Waals surface area contributed by atoms with E-state index in [4.69, 9.17) is 4.74 Å². The molecule has 8 nitrogen and oxygen atoms in total. The maximum atomic E-state index is 11.9. The number of nitrogens with one attached hydrogen (secondary N) is 1. The standard InChI is InChI=1S/C18H29N5O3S/c1-4-26-18(25)23-11-9-22(10-12-23)17(20-14-16(24)21(2)3)19-8-7-15-6-5-13-27-15/h5-6,13H,4,7-12,14H2,1-3H3,(H,19,20). The van der Waals surface area contributed by atoms with Gasteiger partial charge in [0.05, 0.1) is 6.61 Å². The van der Waals surface area contributed by atoms with E-state index in [1.165, 1.54) is 9.78 Å². The molecular formula is C18H29N5O3S. The highest BCUT2D eigenvalue weighted by molar-refractivity contribution is 7.09. The lowest BCUT2D eigenvalue weighted by molar-refractivity contribution is -0.127. The second kappa shape index (κ2) is 10.8. The molecule has 1 aromatic rings. The summed E-state index contributed by atoms with van der Waals surface area (Å²) in [7, 11) is 3.44. The first-order chi connectivity index (χ1) is 13.0. The fraction of sp³-hybridized carbons (Fsp3) is 0.611. The van der Waals surface area contributed by atoms with Crippen LogP contribution >= 0.6 is 11.3 Å². The third kappa shape index (κ3) is 6.74. The van der Waals surface area contributed by atoms with Gasteiger partial charge in [0, 0.05) is 51.7 Å². The average molecular weight is 396 g/mol. The minimum atomic E-state index is -0.274. The number of rotatable bonds is 6. The predicted octanol–water partition coefficient (Wildman–Crippen LogP) is 1.10. The summed E-state index contributed by atoms with van der Waals surface area (Å²) in [6.07, 6.45) is 0.630. The third-order valence-electron chi connectivity index (χ3n) is 4.20. The van der Waals surface area contributed by atoms with Gasteiger partial charge in [-0.2, -0.15) is 0 Å². The van der Waals surface area contributed by atoms with Crippen LogP contribution in [0.4, 0.5) is 4.79 Å². The number of amides is 2. The third-order valence-corrected chi connectivity index (χ3v) is 5.14. The number of thiophene rings is 1. The van der Waals surface area contributed by atoms with E-state index in [1.54, 1.807) is 37.3 Å². The zero-order chi connectivity index (χ0) is 19.6. The molecule has 2 heterocycles. The Morgan fingerprint density at radius 1 is 1.26 bits per heavy atom. The maximum Gasteiger partial charge on any atom is 0.409 e. The molecule has 0 atom stereocenters. The Bertz CT molecular complexity index is 625. The van der Waals surface area contributed by atoms with Crippen LogP contribution in [0.15, 0.2) is 22.5 Å². The Kier molecular flexibility index (Phi) is 8.38. The monoisotopic (exact) mass is 395 g/mol. The van der Waals surface area contributed by atoms with Gasteiger partial charge in [0.15, 0.2) is 5.96 Å². The smallest absolute Gasteiger partial charge is 0.409 e. The van der Waals surface area contributed by atoms with Crippen molar-refractivity contribution in [1.29, 1.82) is 0 Å². The molecule has 0 unspecified atom stereocenters. The van der Waals surface area contributed by atoms with Crippen molar-refractivity contribution in [3.8, 4) is 0 Å². The average Bonchev–Trinajstić information content (AvgIpc) is 3.18. The van der Waals surface area contributed by atoms with Gasteiger partial charge in [-0.1, -0.05) is 6.07 Å². The van der Waals surface area contributed by atoms with E-state index in [0.29, 0.717) is 38.7 Å². The van der Waals surface area contributed by atoms with Crippen LogP contribution in [0, 0.1) is 0 Å². The van der Waals surface area contributed by atoms with Crippen LogP contribution in [-0.2, 0) is 16.0 Å². The van der Waals surface area contributed by atoms with Crippen molar-refractivity contribution in [2.75, 3.05) is 60.0 Å². The molecule has 0 radical (unpaired) electrons. The molecule has 0 spiro atoms. The molecule has 1 aliphatic rings. The van der Waals surface area contributed by atoms with E-state index in [-0.39, 0.29) is 18.5 Å². The summed E-state index contributed by atoms with van der Waals surface area (Å²) in [5.74, 6) is 0.669. The van der Waals surface area contributed by atoms with Crippen LogP contribution in [0.2, 0.25) is 0 Å². The number of aliphatic imine (C=N–C) groups is 1. The lowest BCUT2D eigenvalue weighted by atomic mass is 10.3. The van der Waals surface area contributed by atoms with Gasteiger partial charge in [-0.25, -0.2) is 9.79 Å². The molecule has 1 saturated heterocycles. The number of guanidine groups is 1. The van der Waals surface area contributed by atoms with Gasteiger partial charge in [-0.3, -0.25) is 4.79 Å². The fourth-order valence-electron chi connectivity index (χ4n) is 2.62. The van der Waals surface area contributed by atoms with Crippen LogP contribution in [-0.4, -0.2) is 92.6 Å². The summed E-state index contributed by atoms with van der Waals surface area (Å²) < 4.78 is 5.06. The second-order valence-electron chi connectivity index (χ2n) is 6.36. The van der Waals surface area contributed by atoms with E-state index in [9.17, 15) is 9.59 Å².